The Bertz CT molecular complexity index is 430. The predicted octanol–water partition coefficient (Wildman–Crippen LogP) is 2.85. The summed E-state index contributed by atoms with van der Waals surface area (Å²) in [5.74, 6) is 0.407. The minimum atomic E-state index is 0.407. The lowest BCUT2D eigenvalue weighted by Crippen LogP contribution is -2.38. The molecule has 1 saturated heterocycles. The lowest BCUT2D eigenvalue weighted by molar-refractivity contribution is 0.241. The third kappa shape index (κ3) is 1.48. The zero-order chi connectivity index (χ0) is 11.1. The smallest absolute Gasteiger partial charge is 0.132 e. The quantitative estimate of drug-likeness (QED) is 0.549. The second-order valence-electron chi connectivity index (χ2n) is 4.67. The van der Waals surface area contributed by atoms with Crippen molar-refractivity contribution in [3.05, 3.63) is 41.2 Å². The van der Waals surface area contributed by atoms with Crippen LogP contribution in [0.5, 0.6) is 0 Å². The molecule has 0 aliphatic carbocycles. The number of aromatic nitrogens is 1. The number of nitrogens with zero attached hydrogens (tertiary/aromatic N) is 2. The molecule has 16 heavy (non-hydrogen) atoms. The molecule has 0 aromatic carbocycles. The molecular weight excluding hydrogens is 220 g/mol. The van der Waals surface area contributed by atoms with Crippen molar-refractivity contribution in [1.82, 2.24) is 9.88 Å². The van der Waals surface area contributed by atoms with Gasteiger partial charge in [0.2, 0.25) is 0 Å². The first kappa shape index (κ1) is 10.3. The van der Waals surface area contributed by atoms with Gasteiger partial charge in [-0.1, -0.05) is 29.8 Å². The summed E-state index contributed by atoms with van der Waals surface area (Å²) in [5, 5.41) is 0.649. The second kappa shape index (κ2) is 3.86. The molecule has 3 rings (SSSR count). The van der Waals surface area contributed by atoms with E-state index in [1.807, 2.05) is 6.07 Å². The van der Waals surface area contributed by atoms with Gasteiger partial charge in [-0.15, -0.1) is 0 Å². The van der Waals surface area contributed by atoms with Gasteiger partial charge in [0.1, 0.15) is 5.15 Å². The average Bonchev–Trinajstić information content (AvgIpc) is 2.52. The number of fused-ring (bicyclic) bond motifs is 2. The molecule has 0 amide bonds. The zero-order valence-corrected chi connectivity index (χ0v) is 10.1. The molecule has 0 spiro atoms. The van der Waals surface area contributed by atoms with Gasteiger partial charge in [-0.05, 0) is 31.5 Å². The predicted molar refractivity (Wildman–Crippen MR) is 65.7 cm³/mol. The lowest BCUT2D eigenvalue weighted by atomic mass is 9.90. The Kier molecular flexibility index (Phi) is 2.49. The molecule has 3 unspecified atom stereocenters. The van der Waals surface area contributed by atoms with E-state index in [1.165, 1.54) is 12.8 Å². The van der Waals surface area contributed by atoms with Gasteiger partial charge in [0, 0.05) is 24.2 Å². The van der Waals surface area contributed by atoms with E-state index in [1.54, 1.807) is 6.20 Å². The van der Waals surface area contributed by atoms with E-state index < -0.39 is 0 Å². The van der Waals surface area contributed by atoms with Gasteiger partial charge in [-0.2, -0.15) is 0 Å². The Balaban J connectivity index is 2.00. The highest BCUT2D eigenvalue weighted by Crippen LogP contribution is 2.40. The maximum absolute atomic E-state index is 6.18. The summed E-state index contributed by atoms with van der Waals surface area (Å²) in [5.41, 5.74) is 1.16. The van der Waals surface area contributed by atoms with E-state index in [0.717, 1.165) is 5.56 Å². The van der Waals surface area contributed by atoms with Gasteiger partial charge in [0.25, 0.3) is 0 Å². The van der Waals surface area contributed by atoms with Gasteiger partial charge < -0.3 is 0 Å². The molecule has 2 nitrogen and oxygen atoms in total. The maximum Gasteiger partial charge on any atom is 0.132 e. The summed E-state index contributed by atoms with van der Waals surface area (Å²) >= 11 is 6.18. The van der Waals surface area contributed by atoms with Gasteiger partial charge in [-0.25, -0.2) is 4.98 Å². The van der Waals surface area contributed by atoms with Crippen molar-refractivity contribution >= 4 is 11.6 Å². The first-order valence-electron chi connectivity index (χ1n) is 5.78. The molecule has 3 heteroatoms. The number of hydrogen-bond acceptors (Lipinski definition) is 2. The van der Waals surface area contributed by atoms with Crippen LogP contribution >= 0.6 is 11.6 Å². The summed E-state index contributed by atoms with van der Waals surface area (Å²) in [6.07, 6.45) is 8.90. The zero-order valence-electron chi connectivity index (χ0n) is 9.31. The van der Waals surface area contributed by atoms with Crippen LogP contribution in [-0.4, -0.2) is 29.0 Å². The molecule has 3 atom stereocenters. The van der Waals surface area contributed by atoms with Crippen molar-refractivity contribution < 1.29 is 0 Å². The van der Waals surface area contributed by atoms with Crippen molar-refractivity contribution in [3.63, 3.8) is 0 Å². The van der Waals surface area contributed by atoms with Crippen LogP contribution in [0.1, 0.15) is 24.3 Å². The molecule has 1 aromatic rings. The summed E-state index contributed by atoms with van der Waals surface area (Å²) < 4.78 is 0. The van der Waals surface area contributed by atoms with Gasteiger partial charge >= 0.3 is 0 Å². The van der Waals surface area contributed by atoms with Gasteiger partial charge in [0.05, 0.1) is 0 Å². The van der Waals surface area contributed by atoms with Crippen LogP contribution in [0.4, 0.5) is 0 Å². The molecule has 1 aromatic heterocycles. The Morgan fingerprint density at radius 3 is 3.06 bits per heavy atom. The van der Waals surface area contributed by atoms with E-state index in [2.05, 4.69) is 35.1 Å². The summed E-state index contributed by atoms with van der Waals surface area (Å²) in [4.78, 5) is 6.64. The molecule has 2 aliphatic heterocycles. The number of likely N-dealkylation sites (N-methyl/N-ethyl adjacent to an activating group) is 1. The van der Waals surface area contributed by atoms with Crippen LogP contribution in [0.25, 0.3) is 0 Å². The van der Waals surface area contributed by atoms with E-state index in [4.69, 9.17) is 11.6 Å². The molecule has 3 heterocycles. The second-order valence-corrected chi connectivity index (χ2v) is 5.03. The van der Waals surface area contributed by atoms with Crippen molar-refractivity contribution in [2.45, 2.75) is 30.8 Å². The van der Waals surface area contributed by atoms with Crippen molar-refractivity contribution in [3.8, 4) is 0 Å². The fourth-order valence-corrected chi connectivity index (χ4v) is 3.24. The molecule has 2 aliphatic rings. The highest BCUT2D eigenvalue weighted by atomic mass is 35.5. The largest absolute Gasteiger partial charge is 0.296 e. The SMILES string of the molecule is CN1C2C=CC(c3cccnc3Cl)C1CC2. The first-order valence-corrected chi connectivity index (χ1v) is 6.16. The summed E-state index contributed by atoms with van der Waals surface area (Å²) in [6, 6.07) is 5.29. The van der Waals surface area contributed by atoms with Crippen LogP contribution in [0.2, 0.25) is 5.15 Å². The van der Waals surface area contributed by atoms with E-state index in [0.29, 0.717) is 23.2 Å². The fraction of sp³-hybridized carbons (Fsp3) is 0.462. The van der Waals surface area contributed by atoms with Crippen LogP contribution in [0.3, 0.4) is 0 Å². The van der Waals surface area contributed by atoms with Crippen LogP contribution in [0.15, 0.2) is 30.5 Å². The van der Waals surface area contributed by atoms with Crippen LogP contribution in [-0.2, 0) is 0 Å². The van der Waals surface area contributed by atoms with E-state index in [-0.39, 0.29) is 0 Å². The maximum atomic E-state index is 6.18. The van der Waals surface area contributed by atoms with Gasteiger partial charge in [-0.3, -0.25) is 4.90 Å². The number of pyridine rings is 1. The molecule has 0 radical (unpaired) electrons. The van der Waals surface area contributed by atoms with Crippen molar-refractivity contribution in [1.29, 1.82) is 0 Å². The molecule has 1 fully saturated rings. The Labute approximate surface area is 101 Å². The van der Waals surface area contributed by atoms with E-state index in [9.17, 15) is 0 Å². The number of halogens is 1. The molecule has 0 saturated carbocycles. The highest BCUT2D eigenvalue weighted by molar-refractivity contribution is 6.30. The average molecular weight is 235 g/mol. The third-order valence-corrected chi connectivity index (χ3v) is 4.22. The van der Waals surface area contributed by atoms with E-state index >= 15 is 0 Å². The van der Waals surface area contributed by atoms with Crippen molar-refractivity contribution in [2.75, 3.05) is 7.05 Å². The topological polar surface area (TPSA) is 16.1 Å². The highest BCUT2D eigenvalue weighted by Gasteiger charge is 2.38. The van der Waals surface area contributed by atoms with Crippen LogP contribution in [0, 0.1) is 0 Å². The monoisotopic (exact) mass is 234 g/mol. The molecule has 2 bridgehead atoms. The normalized spacial score (nSPS) is 33.2. The number of hydrogen-bond donors (Lipinski definition) is 0. The molecule has 84 valence electrons. The standard InChI is InChI=1S/C13H15ClN2/c1-16-9-4-6-10(12(16)7-5-9)11-3-2-8-15-13(11)14/h2-4,6,8-10,12H,5,7H2,1H3. The minimum absolute atomic E-state index is 0.407. The summed E-state index contributed by atoms with van der Waals surface area (Å²) in [7, 11) is 2.21. The first-order chi connectivity index (χ1) is 7.77. The number of rotatable bonds is 1. The minimum Gasteiger partial charge on any atom is -0.296 e. The third-order valence-electron chi connectivity index (χ3n) is 3.91. The van der Waals surface area contributed by atoms with Crippen LogP contribution < -0.4 is 0 Å². The van der Waals surface area contributed by atoms with Crippen molar-refractivity contribution in [2.24, 2.45) is 0 Å². The van der Waals surface area contributed by atoms with Gasteiger partial charge in [0.15, 0.2) is 0 Å². The molecular formula is C13H15ClN2. The summed E-state index contributed by atoms with van der Waals surface area (Å²) in [6.45, 7) is 0. The Morgan fingerprint density at radius 2 is 2.25 bits per heavy atom. The Morgan fingerprint density at radius 1 is 1.38 bits per heavy atom. The lowest BCUT2D eigenvalue weighted by Gasteiger charge is -2.33. The fourth-order valence-electron chi connectivity index (χ4n) is 2.99. The Hall–Kier alpha value is -0.860. The molecule has 0 N–H and O–H groups in total.